The van der Waals surface area contributed by atoms with Crippen molar-refractivity contribution in [3.05, 3.63) is 95.1 Å². The summed E-state index contributed by atoms with van der Waals surface area (Å²) >= 11 is 0.764. The Morgan fingerprint density at radius 2 is 0.641 bits per heavy atom. The van der Waals surface area contributed by atoms with Crippen molar-refractivity contribution in [2.24, 2.45) is 0 Å². The van der Waals surface area contributed by atoms with Crippen molar-refractivity contribution < 1.29 is 25.8 Å². The van der Waals surface area contributed by atoms with Crippen molar-refractivity contribution in [1.29, 1.82) is 0 Å². The van der Waals surface area contributed by atoms with E-state index in [2.05, 4.69) is 222 Å². The number of rotatable bonds is 16. The summed E-state index contributed by atoms with van der Waals surface area (Å²) in [5.41, 5.74) is 16.3. The Morgan fingerprint density at radius 1 is 0.422 bits per heavy atom. The molecular weight excluding hydrogens is 1040 g/mol. The van der Waals surface area contributed by atoms with Gasteiger partial charge in [-0.2, -0.15) is 0 Å². The molecular formula is C52H84Cl4Co2N2P4+3. The van der Waals surface area contributed by atoms with Gasteiger partial charge in [0.25, 0.3) is 0 Å². The average molecular weight is 1120 g/mol. The Hall–Kier alpha value is 0.373. The SMILES string of the molecule is Cc1ccc(Nc2ccc(C)cc2P(C(C)C)C(C)C)c(P(C(C)C)C(C)C)c1.Cc1ccc(Nc2ccc(C)cc2[PH+](C(C)C)C(C)C)c([PH+](C(C)C)C(C)C)c1.[Cl][Co+][Cl].[Cl][Co][Cl]. The molecule has 0 aromatic heterocycles. The first-order chi connectivity index (χ1) is 29.9. The van der Waals surface area contributed by atoms with Crippen LogP contribution in [0.5, 0.6) is 0 Å². The Morgan fingerprint density at radius 3 is 0.875 bits per heavy atom. The second kappa shape index (κ2) is 31.6. The van der Waals surface area contributed by atoms with E-state index in [9.17, 15) is 0 Å². The van der Waals surface area contributed by atoms with Crippen LogP contribution in [0.2, 0.25) is 0 Å². The predicted molar refractivity (Wildman–Crippen MR) is 305 cm³/mol. The van der Waals surface area contributed by atoms with Crippen molar-refractivity contribution >= 4 is 116 Å². The van der Waals surface area contributed by atoms with E-state index >= 15 is 0 Å². The van der Waals surface area contributed by atoms with Crippen molar-refractivity contribution in [2.75, 3.05) is 10.6 Å². The molecule has 0 saturated carbocycles. The molecule has 0 aliphatic heterocycles. The fraction of sp³-hybridized carbons (Fsp3) is 0.538. The van der Waals surface area contributed by atoms with E-state index in [0.29, 0.717) is 71.1 Å². The maximum atomic E-state index is 4.73. The van der Waals surface area contributed by atoms with E-state index in [-0.39, 0.29) is 15.8 Å². The molecule has 4 aromatic rings. The molecule has 0 aliphatic carbocycles. The molecule has 0 unspecified atom stereocenters. The van der Waals surface area contributed by atoms with E-state index in [1.807, 2.05) is 0 Å². The Labute approximate surface area is 427 Å². The van der Waals surface area contributed by atoms with E-state index in [4.69, 9.17) is 40.6 Å². The maximum absolute atomic E-state index is 4.73. The van der Waals surface area contributed by atoms with E-state index in [1.54, 1.807) is 10.6 Å². The van der Waals surface area contributed by atoms with Crippen molar-refractivity contribution in [3.63, 3.8) is 0 Å². The fourth-order valence-corrected chi connectivity index (χ4v) is 22.1. The van der Waals surface area contributed by atoms with Gasteiger partial charge < -0.3 is 10.6 Å². The van der Waals surface area contributed by atoms with Gasteiger partial charge in [-0.3, -0.25) is 0 Å². The molecule has 0 aliphatic rings. The molecule has 0 radical (unpaired) electrons. The van der Waals surface area contributed by atoms with Gasteiger partial charge in [0.15, 0.2) is 0 Å². The molecule has 0 atom stereocenters. The fourth-order valence-electron chi connectivity index (χ4n) is 9.11. The molecule has 2 N–H and O–H groups in total. The van der Waals surface area contributed by atoms with E-state index in [1.165, 1.54) is 55.6 Å². The molecule has 365 valence electrons. The quantitative estimate of drug-likeness (QED) is 0.109. The molecule has 0 fully saturated rings. The zero-order chi connectivity index (χ0) is 49.2. The third-order valence-corrected chi connectivity index (χ3v) is 24.4. The predicted octanol–water partition coefficient (Wildman–Crippen LogP) is 18.0. The second-order valence-corrected chi connectivity index (χ2v) is 36.9. The molecule has 4 aromatic carbocycles. The number of benzene rings is 4. The summed E-state index contributed by atoms with van der Waals surface area (Å²) in [5.74, 6) is 0. The van der Waals surface area contributed by atoms with Crippen LogP contribution in [0.1, 0.15) is 133 Å². The number of anilines is 4. The summed E-state index contributed by atoms with van der Waals surface area (Å²) in [6.45, 7) is 47.1. The summed E-state index contributed by atoms with van der Waals surface area (Å²) in [6.07, 6.45) is 0. The average Bonchev–Trinajstić information content (AvgIpc) is 3.15. The van der Waals surface area contributed by atoms with Gasteiger partial charge in [-0.15, -0.1) is 0 Å². The Balaban J connectivity index is 0.000000570. The van der Waals surface area contributed by atoms with Gasteiger partial charge in [0, 0.05) is 37.8 Å². The second-order valence-electron chi connectivity index (χ2n) is 19.2. The Kier molecular flexibility index (Phi) is 30.8. The molecule has 64 heavy (non-hydrogen) atoms. The summed E-state index contributed by atoms with van der Waals surface area (Å²) in [4.78, 5) is 0. The van der Waals surface area contributed by atoms with Crippen LogP contribution in [-0.4, -0.2) is 45.3 Å². The van der Waals surface area contributed by atoms with Gasteiger partial charge in [-0.05, 0) is 165 Å². The molecule has 0 amide bonds. The van der Waals surface area contributed by atoms with Crippen molar-refractivity contribution in [1.82, 2.24) is 0 Å². The first kappa shape index (κ1) is 62.4. The van der Waals surface area contributed by atoms with Crippen LogP contribution < -0.4 is 31.9 Å². The van der Waals surface area contributed by atoms with Gasteiger partial charge in [0.1, 0.15) is 10.6 Å². The molecule has 0 saturated heterocycles. The molecule has 2 nitrogen and oxygen atoms in total. The van der Waals surface area contributed by atoms with E-state index < -0.39 is 15.8 Å². The topological polar surface area (TPSA) is 24.1 Å². The summed E-state index contributed by atoms with van der Waals surface area (Å²) in [5, 5.41) is 14.0. The van der Waals surface area contributed by atoms with Crippen molar-refractivity contribution in [2.45, 2.75) is 184 Å². The van der Waals surface area contributed by atoms with Gasteiger partial charge in [-0.25, -0.2) is 0 Å². The Bertz CT molecular complexity index is 1650. The summed E-state index contributed by atoms with van der Waals surface area (Å²) in [7, 11) is 17.2. The number of hydrogen-bond acceptors (Lipinski definition) is 2. The standard InChI is InChI=1S/2C26H41NP2.4ClH.2Co/c2*1-17(2)28(18(3)4)25-15-21(9)11-13-23(25)27-24-14-12-22(10)16-26(24)29(19(5)6)20(7)8;;;;;;/h2*11-20,27H,1-10H3;4*1H;;/q;;;;;;+2;+3/p-2. The molecule has 0 bridgehead atoms. The van der Waals surface area contributed by atoms with Gasteiger partial charge in [0.2, 0.25) is 0 Å². The van der Waals surface area contributed by atoms with Crippen LogP contribution in [-0.2, 0) is 25.8 Å². The number of nitrogens with one attached hydrogen (secondary N) is 2. The van der Waals surface area contributed by atoms with Gasteiger partial charge >= 0.3 is 66.4 Å². The number of hydrogen-bond donors (Lipinski definition) is 2. The normalized spacial score (nSPS) is 11.8. The third-order valence-electron chi connectivity index (χ3n) is 11.1. The zero-order valence-corrected chi connectivity index (χ0v) is 51.5. The first-order valence-corrected chi connectivity index (χ1v) is 34.8. The van der Waals surface area contributed by atoms with Crippen molar-refractivity contribution in [3.8, 4) is 0 Å². The van der Waals surface area contributed by atoms with Crippen LogP contribution in [0.25, 0.3) is 0 Å². The van der Waals surface area contributed by atoms with Crippen LogP contribution in [0, 0.1) is 27.7 Å². The van der Waals surface area contributed by atoms with Gasteiger partial charge in [0.05, 0.1) is 34.0 Å². The molecule has 4 rings (SSSR count). The van der Waals surface area contributed by atoms with Crippen LogP contribution in [0.4, 0.5) is 22.7 Å². The minimum atomic E-state index is -0.654. The van der Waals surface area contributed by atoms with Crippen LogP contribution in [0.15, 0.2) is 72.8 Å². The molecule has 12 heteroatoms. The van der Waals surface area contributed by atoms with Crippen LogP contribution in [0.3, 0.4) is 0 Å². The molecule has 0 spiro atoms. The molecule has 0 heterocycles. The first-order valence-electron chi connectivity index (χ1n) is 22.8. The number of halogens is 4. The number of aryl methyl sites for hydroxylation is 4. The summed E-state index contributed by atoms with van der Waals surface area (Å²) in [6, 6.07) is 28.0. The minimum absolute atomic E-state index is 0.220. The summed E-state index contributed by atoms with van der Waals surface area (Å²) < 4.78 is 0. The zero-order valence-electron chi connectivity index (χ0n) is 42.6. The monoisotopic (exact) mass is 1120 g/mol. The van der Waals surface area contributed by atoms with E-state index in [0.717, 1.165) is 0 Å². The van der Waals surface area contributed by atoms with Crippen LogP contribution >= 0.6 is 72.3 Å². The van der Waals surface area contributed by atoms with Gasteiger partial charge in [-0.1, -0.05) is 107 Å². The third kappa shape index (κ3) is 20.0.